The molecule has 19 heavy (non-hydrogen) atoms. The van der Waals surface area contributed by atoms with Gasteiger partial charge in [-0.1, -0.05) is 6.07 Å². The molecule has 0 saturated carbocycles. The molecule has 0 aliphatic carbocycles. The van der Waals surface area contributed by atoms with Gasteiger partial charge in [0.25, 0.3) is 0 Å². The number of nitrogens with one attached hydrogen (secondary N) is 1. The molecule has 1 heterocycles. The van der Waals surface area contributed by atoms with Crippen molar-refractivity contribution in [3.05, 3.63) is 24.3 Å². The first-order valence-electron chi connectivity index (χ1n) is 6.77. The number of nitriles is 1. The van der Waals surface area contributed by atoms with E-state index in [1.807, 2.05) is 24.3 Å². The van der Waals surface area contributed by atoms with Crippen molar-refractivity contribution in [2.24, 2.45) is 0 Å². The van der Waals surface area contributed by atoms with Crippen LogP contribution in [0.5, 0.6) is 5.75 Å². The van der Waals surface area contributed by atoms with Gasteiger partial charge in [0, 0.05) is 24.8 Å². The Labute approximate surface area is 114 Å². The van der Waals surface area contributed by atoms with Crippen molar-refractivity contribution in [2.45, 2.75) is 38.3 Å². The molecule has 4 nitrogen and oxygen atoms in total. The summed E-state index contributed by atoms with van der Waals surface area (Å²) in [6.45, 7) is 3.50. The summed E-state index contributed by atoms with van der Waals surface area (Å²) in [6.07, 6.45) is 2.59. The second-order valence-electron chi connectivity index (χ2n) is 4.75. The van der Waals surface area contributed by atoms with Crippen LogP contribution in [0, 0.1) is 11.3 Å². The van der Waals surface area contributed by atoms with E-state index in [0.29, 0.717) is 19.1 Å². The first-order chi connectivity index (χ1) is 9.29. The summed E-state index contributed by atoms with van der Waals surface area (Å²) >= 11 is 0. The lowest BCUT2D eigenvalue weighted by Crippen LogP contribution is -2.26. The molecule has 0 bridgehead atoms. The summed E-state index contributed by atoms with van der Waals surface area (Å²) in [6, 6.07) is 10.4. The second kappa shape index (κ2) is 7.01. The lowest BCUT2D eigenvalue weighted by Gasteiger charge is -2.18. The lowest BCUT2D eigenvalue weighted by atomic mass is 10.1. The molecule has 1 saturated heterocycles. The second-order valence-corrected chi connectivity index (χ2v) is 4.75. The monoisotopic (exact) mass is 260 g/mol. The van der Waals surface area contributed by atoms with Crippen molar-refractivity contribution in [1.82, 2.24) is 0 Å². The zero-order chi connectivity index (χ0) is 13.5. The SMILES string of the molecule is CC1OCCC1Nc1cccc(OCCCC#N)c1. The molecule has 102 valence electrons. The average molecular weight is 260 g/mol. The molecule has 1 fully saturated rings. The molecule has 1 aliphatic rings. The van der Waals surface area contributed by atoms with Gasteiger partial charge in [0.05, 0.1) is 24.8 Å². The Hall–Kier alpha value is -1.73. The summed E-state index contributed by atoms with van der Waals surface area (Å²) in [5.41, 5.74) is 1.06. The summed E-state index contributed by atoms with van der Waals surface area (Å²) in [5.74, 6) is 0.842. The highest BCUT2D eigenvalue weighted by molar-refractivity contribution is 5.49. The maximum Gasteiger partial charge on any atom is 0.121 e. The molecule has 0 radical (unpaired) electrons. The highest BCUT2D eigenvalue weighted by atomic mass is 16.5. The Morgan fingerprint density at radius 1 is 1.53 bits per heavy atom. The minimum absolute atomic E-state index is 0.250. The maximum atomic E-state index is 8.46. The molecular weight excluding hydrogens is 240 g/mol. The number of hydrogen-bond acceptors (Lipinski definition) is 4. The Bertz CT molecular complexity index is 442. The fraction of sp³-hybridized carbons (Fsp3) is 0.533. The van der Waals surface area contributed by atoms with Gasteiger partial charge in [-0.2, -0.15) is 5.26 Å². The molecule has 0 spiro atoms. The van der Waals surface area contributed by atoms with E-state index in [0.717, 1.165) is 30.9 Å². The van der Waals surface area contributed by atoms with Gasteiger partial charge in [0.1, 0.15) is 5.75 Å². The Kier molecular flexibility index (Phi) is 5.05. The van der Waals surface area contributed by atoms with Crippen LogP contribution in [0.4, 0.5) is 5.69 Å². The molecule has 1 aromatic carbocycles. The van der Waals surface area contributed by atoms with E-state index in [9.17, 15) is 0 Å². The van der Waals surface area contributed by atoms with Crippen molar-refractivity contribution >= 4 is 5.69 Å². The highest BCUT2D eigenvalue weighted by Crippen LogP contribution is 2.22. The molecule has 0 aromatic heterocycles. The average Bonchev–Trinajstić information content (AvgIpc) is 2.81. The molecule has 0 amide bonds. The molecular formula is C15H20N2O2. The van der Waals surface area contributed by atoms with Crippen LogP contribution >= 0.6 is 0 Å². The molecule has 2 unspecified atom stereocenters. The molecule has 2 atom stereocenters. The third kappa shape index (κ3) is 4.15. The summed E-state index contributed by atoms with van der Waals surface area (Å²) in [7, 11) is 0. The van der Waals surface area contributed by atoms with E-state index in [-0.39, 0.29) is 6.10 Å². The molecule has 1 aliphatic heterocycles. The fourth-order valence-electron chi connectivity index (χ4n) is 2.15. The van der Waals surface area contributed by atoms with Gasteiger partial charge in [-0.05, 0) is 31.9 Å². The van der Waals surface area contributed by atoms with Gasteiger partial charge >= 0.3 is 0 Å². The predicted molar refractivity (Wildman–Crippen MR) is 74.2 cm³/mol. The number of nitrogens with zero attached hydrogens (tertiary/aromatic N) is 1. The van der Waals surface area contributed by atoms with Crippen molar-refractivity contribution in [1.29, 1.82) is 5.26 Å². The summed E-state index contributed by atoms with van der Waals surface area (Å²) < 4.78 is 11.2. The van der Waals surface area contributed by atoms with E-state index in [1.54, 1.807) is 0 Å². The van der Waals surface area contributed by atoms with Crippen LogP contribution < -0.4 is 10.1 Å². The Balaban J connectivity index is 1.86. The van der Waals surface area contributed by atoms with Crippen LogP contribution in [0.3, 0.4) is 0 Å². The van der Waals surface area contributed by atoms with Crippen LogP contribution in [0.2, 0.25) is 0 Å². The first-order valence-corrected chi connectivity index (χ1v) is 6.77. The largest absolute Gasteiger partial charge is 0.493 e. The van der Waals surface area contributed by atoms with E-state index in [4.69, 9.17) is 14.7 Å². The third-order valence-electron chi connectivity index (χ3n) is 3.26. The van der Waals surface area contributed by atoms with Gasteiger partial charge in [0.2, 0.25) is 0 Å². The van der Waals surface area contributed by atoms with Gasteiger partial charge in [-0.3, -0.25) is 0 Å². The van der Waals surface area contributed by atoms with Crippen LogP contribution in [0.25, 0.3) is 0 Å². The van der Waals surface area contributed by atoms with Gasteiger partial charge in [-0.25, -0.2) is 0 Å². The van der Waals surface area contributed by atoms with Gasteiger partial charge < -0.3 is 14.8 Å². The Morgan fingerprint density at radius 2 is 2.42 bits per heavy atom. The number of rotatable bonds is 6. The van der Waals surface area contributed by atoms with Crippen LogP contribution in [-0.2, 0) is 4.74 Å². The standard InChI is InChI=1S/C15H20N2O2/c1-12-15(7-10-18-12)17-13-5-4-6-14(11-13)19-9-3-2-8-16/h4-6,11-12,15,17H,2-3,7,9-10H2,1H3. The number of unbranched alkanes of at least 4 members (excludes halogenated alkanes) is 1. The van der Waals surface area contributed by atoms with Crippen molar-refractivity contribution in [2.75, 3.05) is 18.5 Å². The quantitative estimate of drug-likeness (QED) is 0.799. The van der Waals surface area contributed by atoms with E-state index in [2.05, 4.69) is 18.3 Å². The molecule has 1 N–H and O–H groups in total. The van der Waals surface area contributed by atoms with Gasteiger partial charge in [0.15, 0.2) is 0 Å². The Morgan fingerprint density at radius 3 is 3.16 bits per heavy atom. The van der Waals surface area contributed by atoms with Crippen molar-refractivity contribution in [3.8, 4) is 11.8 Å². The summed E-state index contributed by atoms with van der Waals surface area (Å²) in [5, 5.41) is 11.9. The number of hydrogen-bond donors (Lipinski definition) is 1. The minimum atomic E-state index is 0.250. The lowest BCUT2D eigenvalue weighted by molar-refractivity contribution is 0.121. The zero-order valence-corrected chi connectivity index (χ0v) is 11.3. The van der Waals surface area contributed by atoms with E-state index < -0.39 is 0 Å². The minimum Gasteiger partial charge on any atom is -0.493 e. The van der Waals surface area contributed by atoms with Crippen LogP contribution in [-0.4, -0.2) is 25.4 Å². The van der Waals surface area contributed by atoms with Crippen molar-refractivity contribution in [3.63, 3.8) is 0 Å². The topological polar surface area (TPSA) is 54.3 Å². The van der Waals surface area contributed by atoms with E-state index in [1.165, 1.54) is 0 Å². The molecule has 2 rings (SSSR count). The van der Waals surface area contributed by atoms with Gasteiger partial charge in [-0.15, -0.1) is 0 Å². The molecule has 4 heteroatoms. The normalized spacial score (nSPS) is 21.9. The maximum absolute atomic E-state index is 8.46. The predicted octanol–water partition coefficient (Wildman–Crippen LogP) is 2.96. The smallest absolute Gasteiger partial charge is 0.121 e. The third-order valence-corrected chi connectivity index (χ3v) is 3.26. The number of anilines is 1. The number of ether oxygens (including phenoxy) is 2. The van der Waals surface area contributed by atoms with E-state index >= 15 is 0 Å². The van der Waals surface area contributed by atoms with Crippen LogP contribution in [0.1, 0.15) is 26.2 Å². The molecule has 1 aromatic rings. The fourth-order valence-corrected chi connectivity index (χ4v) is 2.15. The number of benzene rings is 1. The van der Waals surface area contributed by atoms with Crippen LogP contribution in [0.15, 0.2) is 24.3 Å². The van der Waals surface area contributed by atoms with Crippen molar-refractivity contribution < 1.29 is 9.47 Å². The highest BCUT2D eigenvalue weighted by Gasteiger charge is 2.23. The summed E-state index contributed by atoms with van der Waals surface area (Å²) in [4.78, 5) is 0. The zero-order valence-electron chi connectivity index (χ0n) is 11.3. The first kappa shape index (κ1) is 13.7.